The summed E-state index contributed by atoms with van der Waals surface area (Å²) in [4.78, 5) is 7.59. The Morgan fingerprint density at radius 1 is 1.16 bits per heavy atom. The van der Waals surface area contributed by atoms with E-state index >= 15 is 8.78 Å². The lowest BCUT2D eigenvalue weighted by Gasteiger charge is -2.41. The van der Waals surface area contributed by atoms with Gasteiger partial charge in [-0.25, -0.2) is 13.8 Å². The highest BCUT2D eigenvalue weighted by Crippen LogP contribution is 2.44. The number of aromatic nitrogens is 4. The van der Waals surface area contributed by atoms with E-state index in [9.17, 15) is 0 Å². The van der Waals surface area contributed by atoms with Crippen molar-refractivity contribution in [3.8, 4) is 11.5 Å². The number of hydrogen-bond donors (Lipinski definition) is 1. The van der Waals surface area contributed by atoms with E-state index in [-0.39, 0.29) is 30.3 Å². The van der Waals surface area contributed by atoms with Gasteiger partial charge in [0.2, 0.25) is 0 Å². The van der Waals surface area contributed by atoms with Crippen LogP contribution in [0.25, 0.3) is 11.0 Å². The fourth-order valence-corrected chi connectivity index (χ4v) is 3.87. The standard InChI is InChI=1S/C21H18F2N6O3/c1-11-28(20-17(22)15(30-2)6-16(31-3)18(20)23)9-12-7-24-21-14(8-25-26-21)19(12)29(11)10-13-4-5-32-27-13/h4-8H,1,9-10H2,2-3H3,(H,24,25,26). The van der Waals surface area contributed by atoms with Gasteiger partial charge in [-0.2, -0.15) is 5.10 Å². The molecule has 1 aliphatic heterocycles. The molecule has 11 heteroatoms. The summed E-state index contributed by atoms with van der Waals surface area (Å²) in [6, 6.07) is 2.87. The van der Waals surface area contributed by atoms with Crippen molar-refractivity contribution in [2.75, 3.05) is 24.0 Å². The van der Waals surface area contributed by atoms with E-state index in [1.54, 1.807) is 23.4 Å². The van der Waals surface area contributed by atoms with E-state index < -0.39 is 11.6 Å². The largest absolute Gasteiger partial charge is 0.493 e. The first-order valence-corrected chi connectivity index (χ1v) is 9.57. The average Bonchev–Trinajstić information content (AvgIpc) is 3.48. The van der Waals surface area contributed by atoms with Gasteiger partial charge >= 0.3 is 0 Å². The van der Waals surface area contributed by atoms with Crippen LogP contribution in [0.2, 0.25) is 0 Å². The van der Waals surface area contributed by atoms with Crippen molar-refractivity contribution in [3.63, 3.8) is 0 Å². The van der Waals surface area contributed by atoms with Gasteiger partial charge in [-0.15, -0.1) is 0 Å². The number of H-pyrrole nitrogens is 1. The quantitative estimate of drug-likeness (QED) is 0.502. The topological polar surface area (TPSA) is 92.5 Å². The predicted octanol–water partition coefficient (Wildman–Crippen LogP) is 3.74. The van der Waals surface area contributed by atoms with Crippen LogP contribution in [-0.4, -0.2) is 34.6 Å². The Labute approximate surface area is 180 Å². The van der Waals surface area contributed by atoms with E-state index in [1.165, 1.54) is 31.4 Å². The number of hydrogen-bond acceptors (Lipinski definition) is 8. The first kappa shape index (κ1) is 19.8. The second-order valence-corrected chi connectivity index (χ2v) is 7.10. The summed E-state index contributed by atoms with van der Waals surface area (Å²) in [7, 11) is 2.60. The second-order valence-electron chi connectivity index (χ2n) is 7.10. The van der Waals surface area contributed by atoms with Crippen LogP contribution in [0.15, 0.2) is 47.7 Å². The molecule has 0 fully saturated rings. The molecule has 1 aliphatic rings. The summed E-state index contributed by atoms with van der Waals surface area (Å²) in [6.45, 7) is 4.50. The van der Waals surface area contributed by atoms with Crippen LogP contribution < -0.4 is 19.3 Å². The van der Waals surface area contributed by atoms with E-state index in [1.807, 2.05) is 0 Å². The van der Waals surface area contributed by atoms with Gasteiger partial charge in [0.1, 0.15) is 23.5 Å². The predicted molar refractivity (Wildman–Crippen MR) is 111 cm³/mol. The van der Waals surface area contributed by atoms with Gasteiger partial charge in [0.05, 0.1) is 44.6 Å². The number of benzene rings is 1. The van der Waals surface area contributed by atoms with Crippen LogP contribution in [0.3, 0.4) is 0 Å². The molecule has 0 unspecified atom stereocenters. The van der Waals surface area contributed by atoms with Gasteiger partial charge < -0.3 is 23.8 Å². The van der Waals surface area contributed by atoms with Crippen molar-refractivity contribution >= 4 is 22.4 Å². The molecule has 4 aromatic rings. The molecule has 0 saturated carbocycles. The minimum atomic E-state index is -0.867. The molecule has 0 amide bonds. The number of anilines is 2. The molecular weight excluding hydrogens is 422 g/mol. The highest BCUT2D eigenvalue weighted by Gasteiger charge is 2.34. The Hall–Kier alpha value is -4.15. The van der Waals surface area contributed by atoms with Crippen LogP contribution in [0.5, 0.6) is 11.5 Å². The van der Waals surface area contributed by atoms with E-state index in [0.717, 1.165) is 16.6 Å². The molecule has 3 aromatic heterocycles. The van der Waals surface area contributed by atoms with Crippen LogP contribution >= 0.6 is 0 Å². The first-order valence-electron chi connectivity index (χ1n) is 9.57. The summed E-state index contributed by atoms with van der Waals surface area (Å²) >= 11 is 0. The molecule has 0 radical (unpaired) electrons. The van der Waals surface area contributed by atoms with Gasteiger partial charge in [-0.3, -0.25) is 5.10 Å². The molecule has 0 spiro atoms. The molecule has 5 rings (SSSR count). The molecule has 4 heterocycles. The fourth-order valence-electron chi connectivity index (χ4n) is 3.87. The smallest absolute Gasteiger partial charge is 0.191 e. The second kappa shape index (κ2) is 7.52. The minimum Gasteiger partial charge on any atom is -0.493 e. The van der Waals surface area contributed by atoms with E-state index in [4.69, 9.17) is 14.0 Å². The van der Waals surface area contributed by atoms with E-state index in [0.29, 0.717) is 17.2 Å². The molecule has 0 aliphatic carbocycles. The van der Waals surface area contributed by atoms with Crippen molar-refractivity contribution in [1.82, 2.24) is 20.3 Å². The number of aromatic amines is 1. The zero-order valence-corrected chi connectivity index (χ0v) is 17.2. The monoisotopic (exact) mass is 440 g/mol. The lowest BCUT2D eigenvalue weighted by molar-refractivity contribution is 0.358. The molecule has 0 bridgehead atoms. The molecule has 0 saturated heterocycles. The van der Waals surface area contributed by atoms with Gasteiger partial charge in [0, 0.05) is 23.9 Å². The normalized spacial score (nSPS) is 13.6. The van der Waals surface area contributed by atoms with Crippen molar-refractivity contribution in [2.24, 2.45) is 0 Å². The fraction of sp³-hybridized carbons (Fsp3) is 0.190. The Balaban J connectivity index is 1.71. The molecular formula is C21H18F2N6O3. The number of fused-ring (bicyclic) bond motifs is 3. The summed E-state index contributed by atoms with van der Waals surface area (Å²) in [5.74, 6) is -1.71. The number of halogens is 2. The van der Waals surface area contributed by atoms with Gasteiger partial charge in [0.25, 0.3) is 0 Å². The summed E-state index contributed by atoms with van der Waals surface area (Å²) < 4.78 is 45.8. The highest BCUT2D eigenvalue weighted by atomic mass is 19.1. The lowest BCUT2D eigenvalue weighted by Crippen LogP contribution is -2.40. The number of methoxy groups -OCH3 is 2. The maximum absolute atomic E-state index is 15.3. The number of rotatable bonds is 5. The van der Waals surface area contributed by atoms with Crippen molar-refractivity contribution in [1.29, 1.82) is 0 Å². The third-order valence-corrected chi connectivity index (χ3v) is 5.38. The SMILES string of the molecule is C=C1N(c2c(F)c(OC)cc(OC)c2F)Cc2cnc3[nH]ncc3c2N1Cc1ccon1. The van der Waals surface area contributed by atoms with Gasteiger partial charge in [-0.1, -0.05) is 11.7 Å². The third kappa shape index (κ3) is 2.93. The van der Waals surface area contributed by atoms with Gasteiger partial charge in [0.15, 0.2) is 28.8 Å². The zero-order chi connectivity index (χ0) is 22.4. The van der Waals surface area contributed by atoms with Crippen molar-refractivity contribution < 1.29 is 22.8 Å². The lowest BCUT2D eigenvalue weighted by atomic mass is 10.1. The Bertz CT molecular complexity index is 1290. The summed E-state index contributed by atoms with van der Waals surface area (Å²) in [6.07, 6.45) is 4.74. The number of nitrogens with one attached hydrogen (secondary N) is 1. The zero-order valence-electron chi connectivity index (χ0n) is 17.2. The van der Waals surface area contributed by atoms with Crippen molar-refractivity contribution in [2.45, 2.75) is 13.1 Å². The highest BCUT2D eigenvalue weighted by molar-refractivity contribution is 5.93. The molecule has 1 N–H and O–H groups in total. The molecule has 32 heavy (non-hydrogen) atoms. The number of pyridine rings is 1. The van der Waals surface area contributed by atoms with E-state index in [2.05, 4.69) is 26.9 Å². The summed E-state index contributed by atoms with van der Waals surface area (Å²) in [5, 5.41) is 11.6. The number of nitrogens with zero attached hydrogens (tertiary/aromatic N) is 5. The van der Waals surface area contributed by atoms with Crippen LogP contribution in [0.4, 0.5) is 20.2 Å². The first-order chi connectivity index (χ1) is 15.5. The van der Waals surface area contributed by atoms with Crippen molar-refractivity contribution in [3.05, 3.63) is 66.1 Å². The maximum atomic E-state index is 15.3. The molecule has 1 aromatic carbocycles. The molecule has 0 atom stereocenters. The van der Waals surface area contributed by atoms with Crippen LogP contribution in [0, 0.1) is 11.6 Å². The number of ether oxygens (including phenoxy) is 2. The Morgan fingerprint density at radius 2 is 1.91 bits per heavy atom. The molecule has 9 nitrogen and oxygen atoms in total. The third-order valence-electron chi connectivity index (χ3n) is 5.38. The van der Waals surface area contributed by atoms with Crippen LogP contribution in [-0.2, 0) is 13.1 Å². The average molecular weight is 440 g/mol. The Kier molecular flexibility index (Phi) is 4.65. The van der Waals surface area contributed by atoms with Crippen LogP contribution in [0.1, 0.15) is 11.3 Å². The molecule has 164 valence electrons. The minimum absolute atomic E-state index is 0.113. The Morgan fingerprint density at radius 3 is 2.56 bits per heavy atom. The maximum Gasteiger partial charge on any atom is 0.191 e. The van der Waals surface area contributed by atoms with Gasteiger partial charge in [-0.05, 0) is 0 Å². The summed E-state index contributed by atoms with van der Waals surface area (Å²) in [5.41, 5.74) is 2.33.